The third-order valence-electron chi connectivity index (χ3n) is 7.39. The quantitative estimate of drug-likeness (QED) is 0.215. The van der Waals surface area contributed by atoms with Gasteiger partial charge in [0.2, 0.25) is 5.91 Å². The maximum absolute atomic E-state index is 13.3. The van der Waals surface area contributed by atoms with Gasteiger partial charge in [0.05, 0.1) is 57.0 Å². The van der Waals surface area contributed by atoms with Crippen LogP contribution in [0.5, 0.6) is 0 Å². The number of halogens is 3. The first-order valence-corrected chi connectivity index (χ1v) is 13.9. The number of nitrogens with zero attached hydrogens (tertiary/aromatic N) is 4. The summed E-state index contributed by atoms with van der Waals surface area (Å²) in [5.74, 6) is 0.246. The minimum absolute atomic E-state index is 0.171. The Kier molecular flexibility index (Phi) is 7.36. The second-order valence-corrected chi connectivity index (χ2v) is 10.5. The third-order valence-corrected chi connectivity index (χ3v) is 7.39. The smallest absolute Gasteiger partial charge is 0.352 e. The fourth-order valence-corrected chi connectivity index (χ4v) is 5.41. The third kappa shape index (κ3) is 5.83. The molecule has 6 rings (SSSR count). The van der Waals surface area contributed by atoms with Crippen molar-refractivity contribution in [2.45, 2.75) is 51.2 Å². The number of carbonyl (C=O) groups excluding carboxylic acids is 1. The molecule has 0 bridgehead atoms. The number of pyridine rings is 1. The van der Waals surface area contributed by atoms with Gasteiger partial charge in [0.25, 0.3) is 0 Å². The van der Waals surface area contributed by atoms with Crippen LogP contribution in [0, 0.1) is 0 Å². The molecule has 2 aromatic carbocycles. The molecule has 0 saturated heterocycles. The first-order valence-electron chi connectivity index (χ1n) is 13.9. The Labute approximate surface area is 240 Å². The average molecular weight is 571 g/mol. The molecule has 2 aliphatic carbocycles. The van der Waals surface area contributed by atoms with Crippen molar-refractivity contribution in [3.63, 3.8) is 0 Å². The summed E-state index contributed by atoms with van der Waals surface area (Å²) in [6.45, 7) is 1.43. The Morgan fingerprint density at radius 2 is 1.74 bits per heavy atom. The van der Waals surface area contributed by atoms with E-state index in [2.05, 4.69) is 15.6 Å². The van der Waals surface area contributed by atoms with Gasteiger partial charge in [0.15, 0.2) is 0 Å². The SMILES string of the molecule is CC(=O)Nc1ccc(Nc2cc3nc4ccccc4n(-c4ccc(C(F)(F)F)cc4)c-3cc2=NC2CCCCC2)cn1. The summed E-state index contributed by atoms with van der Waals surface area (Å²) < 4.78 is 42.0. The lowest BCUT2D eigenvalue weighted by atomic mass is 9.96. The van der Waals surface area contributed by atoms with E-state index in [0.717, 1.165) is 60.1 Å². The lowest BCUT2D eigenvalue weighted by Crippen LogP contribution is -2.19. The van der Waals surface area contributed by atoms with Gasteiger partial charge >= 0.3 is 6.18 Å². The highest BCUT2D eigenvalue weighted by atomic mass is 19.4. The molecule has 3 aliphatic rings. The van der Waals surface area contributed by atoms with E-state index in [1.165, 1.54) is 25.5 Å². The predicted octanol–water partition coefficient (Wildman–Crippen LogP) is 7.48. The molecule has 2 N–H and O–H groups in total. The summed E-state index contributed by atoms with van der Waals surface area (Å²) in [6, 6.07) is 20.3. The number of amides is 1. The summed E-state index contributed by atoms with van der Waals surface area (Å²) in [5, 5.41) is 6.82. The van der Waals surface area contributed by atoms with Crippen LogP contribution in [0.4, 0.5) is 30.4 Å². The van der Waals surface area contributed by atoms with Crippen molar-refractivity contribution in [1.82, 2.24) is 14.5 Å². The van der Waals surface area contributed by atoms with E-state index >= 15 is 0 Å². The van der Waals surface area contributed by atoms with Crippen LogP contribution in [0.25, 0.3) is 28.1 Å². The molecule has 7 nitrogen and oxygen atoms in total. The molecule has 0 atom stereocenters. The molecule has 1 aromatic heterocycles. The molecule has 1 amide bonds. The summed E-state index contributed by atoms with van der Waals surface area (Å²) in [5.41, 5.74) is 4.19. The number of hydrogen-bond donors (Lipinski definition) is 2. The van der Waals surface area contributed by atoms with E-state index in [-0.39, 0.29) is 11.9 Å². The molecule has 2 heterocycles. The number of anilines is 3. The molecule has 214 valence electrons. The fourth-order valence-electron chi connectivity index (χ4n) is 5.41. The molecule has 3 aromatic rings. The highest BCUT2D eigenvalue weighted by Crippen LogP contribution is 2.33. The number of nitrogens with one attached hydrogen (secondary N) is 2. The zero-order chi connectivity index (χ0) is 29.3. The first kappa shape index (κ1) is 27.4. The van der Waals surface area contributed by atoms with Gasteiger partial charge < -0.3 is 15.2 Å². The summed E-state index contributed by atoms with van der Waals surface area (Å²) in [7, 11) is 0. The molecule has 10 heteroatoms. The van der Waals surface area contributed by atoms with Crippen LogP contribution >= 0.6 is 0 Å². The van der Waals surface area contributed by atoms with Gasteiger partial charge in [-0.1, -0.05) is 31.4 Å². The van der Waals surface area contributed by atoms with Crippen LogP contribution in [0.1, 0.15) is 44.6 Å². The number of aromatic nitrogens is 3. The second kappa shape index (κ2) is 11.3. The van der Waals surface area contributed by atoms with E-state index < -0.39 is 11.7 Å². The van der Waals surface area contributed by atoms with E-state index in [1.807, 2.05) is 47.0 Å². The minimum atomic E-state index is -4.42. The standard InChI is InChI=1S/C32H29F3N6O/c1-20(42)37-31-16-13-23(19-36-31)39-26-17-28-30(18-27(26)38-22-7-3-2-4-8-22)41(29-10-6-5-9-25(29)40-28)24-14-11-21(12-15-24)32(33,34)35/h5-6,9-19,22,39H,2-4,7-8H2,1H3,(H,36,37,42). The zero-order valence-corrected chi connectivity index (χ0v) is 22.9. The molecular weight excluding hydrogens is 541 g/mol. The number of benzene rings is 3. The number of rotatable bonds is 5. The van der Waals surface area contributed by atoms with E-state index in [9.17, 15) is 18.0 Å². The number of para-hydroxylation sites is 2. The van der Waals surface area contributed by atoms with Gasteiger partial charge in [-0.2, -0.15) is 13.2 Å². The van der Waals surface area contributed by atoms with Crippen LogP contribution < -0.4 is 16.0 Å². The molecular formula is C32H29F3N6O. The topological polar surface area (TPSA) is 84.2 Å². The van der Waals surface area contributed by atoms with Crippen molar-refractivity contribution in [3.8, 4) is 17.1 Å². The van der Waals surface area contributed by atoms with Crippen LogP contribution in [-0.4, -0.2) is 26.5 Å². The van der Waals surface area contributed by atoms with Gasteiger partial charge in [-0.25, -0.2) is 9.97 Å². The molecule has 0 radical (unpaired) electrons. The highest BCUT2D eigenvalue weighted by Gasteiger charge is 2.30. The van der Waals surface area contributed by atoms with Crippen molar-refractivity contribution in [1.29, 1.82) is 0 Å². The van der Waals surface area contributed by atoms with Crippen LogP contribution in [0.2, 0.25) is 0 Å². The summed E-state index contributed by atoms with van der Waals surface area (Å²) in [4.78, 5) is 25.8. The number of carbonyl (C=O) groups is 1. The van der Waals surface area contributed by atoms with Crippen molar-refractivity contribution in [3.05, 3.63) is 89.9 Å². The molecule has 1 saturated carbocycles. The summed E-state index contributed by atoms with van der Waals surface area (Å²) in [6.07, 6.45) is 2.65. The number of hydrogen-bond acceptors (Lipinski definition) is 5. The Morgan fingerprint density at radius 1 is 0.976 bits per heavy atom. The normalized spacial score (nSPS) is 14.8. The van der Waals surface area contributed by atoms with Gasteiger partial charge in [-0.15, -0.1) is 0 Å². The fraction of sp³-hybridized carbons (Fsp3) is 0.250. The van der Waals surface area contributed by atoms with Crippen molar-refractivity contribution >= 4 is 34.1 Å². The van der Waals surface area contributed by atoms with Crippen LogP contribution in [-0.2, 0) is 11.0 Å². The molecule has 42 heavy (non-hydrogen) atoms. The number of fused-ring (bicyclic) bond motifs is 2. The van der Waals surface area contributed by atoms with Crippen LogP contribution in [0.15, 0.2) is 84.0 Å². The van der Waals surface area contributed by atoms with E-state index in [1.54, 1.807) is 12.3 Å². The Balaban J connectivity index is 1.53. The van der Waals surface area contributed by atoms with E-state index in [0.29, 0.717) is 28.4 Å². The second-order valence-electron chi connectivity index (χ2n) is 10.5. The van der Waals surface area contributed by atoms with Gasteiger partial charge in [0, 0.05) is 12.6 Å². The predicted molar refractivity (Wildman–Crippen MR) is 157 cm³/mol. The summed E-state index contributed by atoms with van der Waals surface area (Å²) >= 11 is 0. The average Bonchev–Trinajstić information content (AvgIpc) is 2.97. The maximum Gasteiger partial charge on any atom is 0.416 e. The number of alkyl halides is 3. The molecule has 0 spiro atoms. The lowest BCUT2D eigenvalue weighted by molar-refractivity contribution is -0.137. The molecule has 1 fully saturated rings. The van der Waals surface area contributed by atoms with E-state index in [4.69, 9.17) is 9.98 Å². The minimum Gasteiger partial charge on any atom is -0.352 e. The van der Waals surface area contributed by atoms with Gasteiger partial charge in [0.1, 0.15) is 5.82 Å². The first-order chi connectivity index (χ1) is 20.2. The Morgan fingerprint density at radius 3 is 2.43 bits per heavy atom. The molecule has 0 unspecified atom stereocenters. The Bertz CT molecular complexity index is 1770. The monoisotopic (exact) mass is 570 g/mol. The van der Waals surface area contributed by atoms with Crippen molar-refractivity contribution in [2.24, 2.45) is 4.99 Å². The van der Waals surface area contributed by atoms with Crippen LogP contribution in [0.3, 0.4) is 0 Å². The zero-order valence-electron chi connectivity index (χ0n) is 22.9. The van der Waals surface area contributed by atoms with Gasteiger partial charge in [-0.05, 0) is 73.5 Å². The lowest BCUT2D eigenvalue weighted by Gasteiger charge is -2.22. The maximum atomic E-state index is 13.3. The van der Waals surface area contributed by atoms with Crippen molar-refractivity contribution < 1.29 is 18.0 Å². The Hall–Kier alpha value is -4.73. The van der Waals surface area contributed by atoms with Gasteiger partial charge in [-0.3, -0.25) is 9.79 Å². The molecule has 1 aliphatic heterocycles. The van der Waals surface area contributed by atoms with Crippen molar-refractivity contribution in [2.75, 3.05) is 10.6 Å². The largest absolute Gasteiger partial charge is 0.416 e. The highest BCUT2D eigenvalue weighted by molar-refractivity contribution is 5.88.